The number of rotatable bonds is 4. The summed E-state index contributed by atoms with van der Waals surface area (Å²) >= 11 is 1.04. The Morgan fingerprint density at radius 1 is 1.41 bits per heavy atom. The fourth-order valence-corrected chi connectivity index (χ4v) is 2.29. The Morgan fingerprint density at radius 2 is 2.14 bits per heavy atom. The fraction of sp³-hybridized carbons (Fsp3) is 0.308. The number of hydrogen-bond acceptors (Lipinski definition) is 5. The predicted molar refractivity (Wildman–Crippen MR) is 74.4 cm³/mol. The zero-order valence-electron chi connectivity index (χ0n) is 11.6. The van der Waals surface area contributed by atoms with Crippen molar-refractivity contribution in [3.63, 3.8) is 0 Å². The van der Waals surface area contributed by atoms with Crippen LogP contribution in [0.3, 0.4) is 0 Å². The number of anilines is 1. The van der Waals surface area contributed by atoms with Gasteiger partial charge >= 0.3 is 6.18 Å². The van der Waals surface area contributed by atoms with Crippen LogP contribution in [0.15, 0.2) is 33.9 Å². The number of hydrogen-bond donors (Lipinski definition) is 1. The average Bonchev–Trinajstić information content (AvgIpc) is 2.83. The van der Waals surface area contributed by atoms with Gasteiger partial charge in [0.2, 0.25) is 11.8 Å². The molecule has 1 amide bonds. The van der Waals surface area contributed by atoms with E-state index in [9.17, 15) is 18.0 Å². The number of nitrogens with zero attached hydrogens (tertiary/aromatic N) is 2. The lowest BCUT2D eigenvalue weighted by Crippen LogP contribution is -2.22. The molecule has 1 unspecified atom stereocenters. The summed E-state index contributed by atoms with van der Waals surface area (Å²) in [5.74, 6) is -0.141. The quantitative estimate of drug-likeness (QED) is 0.868. The van der Waals surface area contributed by atoms with Crippen LogP contribution in [0.1, 0.15) is 18.2 Å². The van der Waals surface area contributed by atoms with Gasteiger partial charge in [-0.05, 0) is 26.0 Å². The lowest BCUT2D eigenvalue weighted by molar-refractivity contribution is -0.137. The van der Waals surface area contributed by atoms with Crippen molar-refractivity contribution >= 4 is 23.6 Å². The third-order valence-corrected chi connectivity index (χ3v) is 3.66. The number of alkyl halides is 3. The van der Waals surface area contributed by atoms with E-state index in [1.54, 1.807) is 19.9 Å². The molecule has 1 N–H and O–H groups in total. The summed E-state index contributed by atoms with van der Waals surface area (Å²) in [5, 5.41) is 5.91. The van der Waals surface area contributed by atoms with Crippen LogP contribution < -0.4 is 5.32 Å². The molecule has 2 rings (SSSR count). The maximum Gasteiger partial charge on any atom is 0.417 e. The molecule has 0 aliphatic rings. The standard InChI is InChI=1S/C13H12F3N3O2S/c1-7-5-10(21-19-7)18-12(20)8(2)22-11-4-3-9(6-17-11)13(14,15)16/h3-6,8H,1-2H3,(H,18,20). The van der Waals surface area contributed by atoms with Gasteiger partial charge in [-0.1, -0.05) is 16.9 Å². The van der Waals surface area contributed by atoms with E-state index in [0.717, 1.165) is 24.0 Å². The van der Waals surface area contributed by atoms with Crippen molar-refractivity contribution in [1.29, 1.82) is 0 Å². The van der Waals surface area contributed by atoms with Crippen molar-refractivity contribution < 1.29 is 22.5 Å². The number of carbonyl (C=O) groups excluding carboxylic acids is 1. The number of halogens is 3. The van der Waals surface area contributed by atoms with Crippen LogP contribution in [0, 0.1) is 6.92 Å². The van der Waals surface area contributed by atoms with Crippen LogP contribution in [0.5, 0.6) is 0 Å². The van der Waals surface area contributed by atoms with E-state index in [-0.39, 0.29) is 11.8 Å². The van der Waals surface area contributed by atoms with Gasteiger partial charge in [0, 0.05) is 12.3 Å². The Labute approximate surface area is 128 Å². The fourth-order valence-electron chi connectivity index (χ4n) is 1.50. The van der Waals surface area contributed by atoms with Crippen LogP contribution in [-0.2, 0) is 11.0 Å². The Bertz CT molecular complexity index is 655. The number of aryl methyl sites for hydroxylation is 1. The van der Waals surface area contributed by atoms with Gasteiger partial charge in [-0.25, -0.2) is 4.98 Å². The molecule has 0 fully saturated rings. The maximum absolute atomic E-state index is 12.4. The normalized spacial score (nSPS) is 13.0. The molecule has 2 aromatic rings. The zero-order chi connectivity index (χ0) is 16.3. The minimum absolute atomic E-state index is 0.218. The second-order valence-corrected chi connectivity index (χ2v) is 5.83. The Hall–Kier alpha value is -2.03. The van der Waals surface area contributed by atoms with Crippen molar-refractivity contribution in [2.75, 3.05) is 5.32 Å². The van der Waals surface area contributed by atoms with E-state index in [0.29, 0.717) is 10.7 Å². The summed E-state index contributed by atoms with van der Waals surface area (Å²) in [7, 11) is 0. The van der Waals surface area contributed by atoms with Gasteiger partial charge in [-0.2, -0.15) is 13.2 Å². The first-order valence-corrected chi connectivity index (χ1v) is 7.08. The molecule has 5 nitrogen and oxygen atoms in total. The van der Waals surface area contributed by atoms with Crippen molar-refractivity contribution in [3.05, 3.63) is 35.7 Å². The molecule has 22 heavy (non-hydrogen) atoms. The highest BCUT2D eigenvalue weighted by molar-refractivity contribution is 8.00. The lowest BCUT2D eigenvalue weighted by atomic mass is 10.3. The molecule has 0 bridgehead atoms. The summed E-state index contributed by atoms with van der Waals surface area (Å²) in [6, 6.07) is 3.72. The van der Waals surface area contributed by atoms with Crippen molar-refractivity contribution in [3.8, 4) is 0 Å². The molecule has 9 heteroatoms. The number of aromatic nitrogens is 2. The van der Waals surface area contributed by atoms with Gasteiger partial charge in [-0.3, -0.25) is 10.1 Å². The van der Waals surface area contributed by atoms with Gasteiger partial charge in [0.25, 0.3) is 0 Å². The maximum atomic E-state index is 12.4. The topological polar surface area (TPSA) is 68.0 Å². The predicted octanol–water partition coefficient (Wildman–Crippen LogP) is 3.52. The van der Waals surface area contributed by atoms with Crippen molar-refractivity contribution in [2.24, 2.45) is 0 Å². The molecule has 1 atom stereocenters. The highest BCUT2D eigenvalue weighted by Crippen LogP contribution is 2.30. The van der Waals surface area contributed by atoms with Crippen LogP contribution in [0.2, 0.25) is 0 Å². The highest BCUT2D eigenvalue weighted by atomic mass is 32.2. The first-order chi connectivity index (χ1) is 10.3. The third kappa shape index (κ3) is 4.23. The number of pyridine rings is 1. The van der Waals surface area contributed by atoms with Crippen LogP contribution in [-0.4, -0.2) is 21.3 Å². The molecule has 0 aliphatic carbocycles. The van der Waals surface area contributed by atoms with Gasteiger partial charge in [-0.15, -0.1) is 0 Å². The first-order valence-electron chi connectivity index (χ1n) is 6.20. The second kappa shape index (κ2) is 6.39. The first kappa shape index (κ1) is 16.3. The second-order valence-electron chi connectivity index (χ2n) is 4.46. The van der Waals surface area contributed by atoms with E-state index >= 15 is 0 Å². The summed E-state index contributed by atoms with van der Waals surface area (Å²) in [5.41, 5.74) is -0.203. The van der Waals surface area contributed by atoms with Gasteiger partial charge in [0.15, 0.2) is 0 Å². The average molecular weight is 331 g/mol. The molecular weight excluding hydrogens is 319 g/mol. The van der Waals surface area contributed by atoms with Crippen molar-refractivity contribution in [1.82, 2.24) is 10.1 Å². The van der Waals surface area contributed by atoms with Gasteiger partial charge in [0.05, 0.1) is 21.5 Å². The number of carbonyl (C=O) groups is 1. The van der Waals surface area contributed by atoms with Crippen LogP contribution >= 0.6 is 11.8 Å². The van der Waals surface area contributed by atoms with E-state index in [1.165, 1.54) is 6.07 Å². The summed E-state index contributed by atoms with van der Waals surface area (Å²) in [6.07, 6.45) is -3.68. The Morgan fingerprint density at radius 3 is 2.64 bits per heavy atom. The van der Waals surface area contributed by atoms with E-state index < -0.39 is 17.0 Å². The van der Waals surface area contributed by atoms with Crippen molar-refractivity contribution in [2.45, 2.75) is 30.3 Å². The molecular formula is C13H12F3N3O2S. The third-order valence-electron chi connectivity index (χ3n) is 2.60. The molecule has 2 aromatic heterocycles. The number of amides is 1. The molecule has 0 radical (unpaired) electrons. The summed E-state index contributed by atoms with van der Waals surface area (Å²) < 4.78 is 42.1. The van der Waals surface area contributed by atoms with Gasteiger partial charge < -0.3 is 4.52 Å². The minimum Gasteiger partial charge on any atom is -0.338 e. The number of nitrogens with one attached hydrogen (secondary N) is 1. The minimum atomic E-state index is -4.43. The number of thioether (sulfide) groups is 1. The SMILES string of the molecule is Cc1cc(NC(=O)C(C)Sc2ccc(C(F)(F)F)cn2)on1. The zero-order valence-corrected chi connectivity index (χ0v) is 12.5. The summed E-state index contributed by atoms with van der Waals surface area (Å²) in [4.78, 5) is 15.6. The molecule has 0 saturated heterocycles. The van der Waals surface area contributed by atoms with Crippen LogP contribution in [0.25, 0.3) is 0 Å². The smallest absolute Gasteiger partial charge is 0.338 e. The Kier molecular flexibility index (Phi) is 4.74. The molecule has 118 valence electrons. The molecule has 0 saturated carbocycles. The molecule has 0 aliphatic heterocycles. The Balaban J connectivity index is 1.96. The highest BCUT2D eigenvalue weighted by Gasteiger charge is 2.30. The summed E-state index contributed by atoms with van der Waals surface area (Å²) in [6.45, 7) is 3.33. The van der Waals surface area contributed by atoms with E-state index in [2.05, 4.69) is 15.5 Å². The largest absolute Gasteiger partial charge is 0.417 e. The molecule has 2 heterocycles. The van der Waals surface area contributed by atoms with Crippen LogP contribution in [0.4, 0.5) is 19.1 Å². The van der Waals surface area contributed by atoms with E-state index in [1.807, 2.05) is 0 Å². The van der Waals surface area contributed by atoms with E-state index in [4.69, 9.17) is 4.52 Å². The van der Waals surface area contributed by atoms with Gasteiger partial charge in [0.1, 0.15) is 0 Å². The monoisotopic (exact) mass is 331 g/mol. The lowest BCUT2D eigenvalue weighted by Gasteiger charge is -2.10. The molecule has 0 aromatic carbocycles. The molecule has 0 spiro atoms.